The van der Waals surface area contributed by atoms with E-state index in [1.54, 1.807) is 0 Å². The highest BCUT2D eigenvalue weighted by molar-refractivity contribution is 6.21. The van der Waals surface area contributed by atoms with Crippen molar-refractivity contribution in [3.63, 3.8) is 0 Å². The van der Waals surface area contributed by atoms with Crippen molar-refractivity contribution in [3.8, 4) is 0 Å². The van der Waals surface area contributed by atoms with Crippen molar-refractivity contribution in [2.24, 2.45) is 0 Å². The Morgan fingerprint density at radius 3 is 1.58 bits per heavy atom. The number of hydrogen-bond acceptors (Lipinski definition) is 1. The lowest BCUT2D eigenvalue weighted by molar-refractivity contribution is 0.104. The van der Waals surface area contributed by atoms with E-state index >= 15 is 0 Å². The van der Waals surface area contributed by atoms with Gasteiger partial charge in [-0.05, 0) is 26.0 Å². The maximum Gasteiger partial charge on any atom is 0.197 e. The van der Waals surface area contributed by atoms with Crippen LogP contribution in [0.2, 0.25) is 0 Å². The van der Waals surface area contributed by atoms with Crippen LogP contribution in [0, 0.1) is 0 Å². The van der Waals surface area contributed by atoms with Gasteiger partial charge in [0.05, 0.1) is 0 Å². The molecule has 2 aromatic carbocycles. The van der Waals surface area contributed by atoms with Gasteiger partial charge in [-0.25, -0.2) is 0 Å². The van der Waals surface area contributed by atoms with E-state index < -0.39 is 0 Å². The van der Waals surface area contributed by atoms with E-state index in [0.717, 1.165) is 46.0 Å². The molecule has 0 radical (unpaired) electrons. The third-order valence-electron chi connectivity index (χ3n) is 4.75. The number of nitrogens with zero attached hydrogens (tertiary/aromatic N) is 2. The van der Waals surface area contributed by atoms with Gasteiger partial charge in [0.2, 0.25) is 0 Å². The summed E-state index contributed by atoms with van der Waals surface area (Å²) in [6.45, 7) is 5.91. The maximum absolute atomic E-state index is 13.3. The SMILES string of the molecule is CCn1cc(C(=O)c2cn(CC)c3ccccc23)c2ccccc21. The molecule has 3 nitrogen and oxygen atoms in total. The lowest BCUT2D eigenvalue weighted by atomic mass is 10.0. The van der Waals surface area contributed by atoms with Gasteiger partial charge in [-0.3, -0.25) is 4.79 Å². The van der Waals surface area contributed by atoms with Crippen molar-refractivity contribution < 1.29 is 4.79 Å². The van der Waals surface area contributed by atoms with E-state index in [0.29, 0.717) is 0 Å². The van der Waals surface area contributed by atoms with E-state index in [1.807, 2.05) is 48.8 Å². The van der Waals surface area contributed by atoms with Crippen LogP contribution >= 0.6 is 0 Å². The first kappa shape index (κ1) is 14.8. The van der Waals surface area contributed by atoms with Crippen LogP contribution in [0.4, 0.5) is 0 Å². The van der Waals surface area contributed by atoms with Gasteiger partial charge in [-0.1, -0.05) is 36.4 Å². The zero-order valence-electron chi connectivity index (χ0n) is 14.0. The Balaban J connectivity index is 1.95. The molecule has 0 atom stereocenters. The van der Waals surface area contributed by atoms with Crippen molar-refractivity contribution in [2.45, 2.75) is 26.9 Å². The van der Waals surface area contributed by atoms with Gasteiger partial charge < -0.3 is 9.13 Å². The topological polar surface area (TPSA) is 26.9 Å². The van der Waals surface area contributed by atoms with E-state index in [2.05, 4.69) is 35.1 Å². The summed E-state index contributed by atoms with van der Waals surface area (Å²) in [6, 6.07) is 16.2. The summed E-state index contributed by atoms with van der Waals surface area (Å²) in [5.41, 5.74) is 3.79. The Labute approximate surface area is 141 Å². The smallest absolute Gasteiger partial charge is 0.197 e. The lowest BCUT2D eigenvalue weighted by Crippen LogP contribution is -2.00. The Kier molecular flexibility index (Phi) is 3.49. The summed E-state index contributed by atoms with van der Waals surface area (Å²) >= 11 is 0. The van der Waals surface area contributed by atoms with Crippen molar-refractivity contribution in [1.82, 2.24) is 9.13 Å². The van der Waals surface area contributed by atoms with Gasteiger partial charge in [0, 0.05) is 58.4 Å². The molecule has 4 rings (SSSR count). The first-order chi connectivity index (χ1) is 11.7. The van der Waals surface area contributed by atoms with E-state index in [-0.39, 0.29) is 5.78 Å². The molecule has 4 aromatic rings. The fourth-order valence-electron chi connectivity index (χ4n) is 3.52. The average molecular weight is 316 g/mol. The minimum absolute atomic E-state index is 0.0989. The van der Waals surface area contributed by atoms with Crippen LogP contribution < -0.4 is 0 Å². The van der Waals surface area contributed by atoms with Crippen molar-refractivity contribution in [3.05, 3.63) is 72.1 Å². The number of rotatable bonds is 4. The highest BCUT2D eigenvalue weighted by Crippen LogP contribution is 2.28. The number of carbonyl (C=O) groups is 1. The molecule has 0 fully saturated rings. The van der Waals surface area contributed by atoms with Crippen LogP contribution in [-0.2, 0) is 13.1 Å². The highest BCUT2D eigenvalue weighted by Gasteiger charge is 2.20. The third kappa shape index (κ3) is 2.08. The van der Waals surface area contributed by atoms with Gasteiger partial charge in [0.1, 0.15) is 0 Å². The number of carbonyl (C=O) groups excluding carboxylic acids is 1. The summed E-state index contributed by atoms with van der Waals surface area (Å²) in [5, 5.41) is 2.05. The van der Waals surface area contributed by atoms with Gasteiger partial charge in [0.25, 0.3) is 0 Å². The quantitative estimate of drug-likeness (QED) is 0.494. The summed E-state index contributed by atoms with van der Waals surface area (Å²) in [6.07, 6.45) is 3.98. The highest BCUT2D eigenvalue weighted by atomic mass is 16.1. The van der Waals surface area contributed by atoms with Gasteiger partial charge in [0.15, 0.2) is 5.78 Å². The molecule has 0 aliphatic rings. The van der Waals surface area contributed by atoms with Gasteiger partial charge >= 0.3 is 0 Å². The standard InChI is InChI=1S/C21H20N2O/c1-3-22-13-17(15-9-5-7-11-19(15)22)21(24)18-14-23(4-2)20-12-8-6-10-16(18)20/h5-14H,3-4H2,1-2H3. The number of aryl methyl sites for hydroxylation is 2. The van der Waals surface area contributed by atoms with Crippen molar-refractivity contribution in [1.29, 1.82) is 0 Å². The molecule has 0 saturated heterocycles. The molecule has 3 heteroatoms. The predicted octanol–water partition coefficient (Wildman–Crippen LogP) is 4.87. The van der Waals surface area contributed by atoms with Crippen molar-refractivity contribution in [2.75, 3.05) is 0 Å². The second kappa shape index (κ2) is 5.68. The molecule has 2 aromatic heterocycles. The fraction of sp³-hybridized carbons (Fsp3) is 0.190. The summed E-state index contributed by atoms with van der Waals surface area (Å²) in [5.74, 6) is 0.0989. The predicted molar refractivity (Wildman–Crippen MR) is 98.7 cm³/mol. The molecule has 24 heavy (non-hydrogen) atoms. The molecular formula is C21H20N2O. The summed E-state index contributed by atoms with van der Waals surface area (Å²) in [7, 11) is 0. The molecule has 0 amide bonds. The van der Waals surface area contributed by atoms with Gasteiger partial charge in [-0.15, -0.1) is 0 Å². The average Bonchev–Trinajstić information content (AvgIpc) is 3.20. The second-order valence-corrected chi connectivity index (χ2v) is 6.02. The molecule has 0 N–H and O–H groups in total. The normalized spacial score (nSPS) is 11.4. The Hall–Kier alpha value is -2.81. The monoisotopic (exact) mass is 316 g/mol. The zero-order chi connectivity index (χ0) is 16.7. The fourth-order valence-corrected chi connectivity index (χ4v) is 3.52. The first-order valence-corrected chi connectivity index (χ1v) is 8.45. The van der Waals surface area contributed by atoms with Gasteiger partial charge in [-0.2, -0.15) is 0 Å². The van der Waals surface area contributed by atoms with Crippen LogP contribution in [-0.4, -0.2) is 14.9 Å². The molecular weight excluding hydrogens is 296 g/mol. The van der Waals surface area contributed by atoms with Crippen LogP contribution in [0.1, 0.15) is 29.8 Å². The molecule has 0 saturated carbocycles. The minimum atomic E-state index is 0.0989. The van der Waals surface area contributed by atoms with E-state index in [4.69, 9.17) is 0 Å². The molecule has 0 unspecified atom stereocenters. The van der Waals surface area contributed by atoms with Crippen molar-refractivity contribution >= 4 is 27.6 Å². The molecule has 2 heterocycles. The maximum atomic E-state index is 13.3. The van der Waals surface area contributed by atoms with E-state index in [1.165, 1.54) is 0 Å². The Morgan fingerprint density at radius 2 is 1.17 bits per heavy atom. The third-order valence-corrected chi connectivity index (χ3v) is 4.75. The van der Waals surface area contributed by atoms with Crippen LogP contribution in [0.5, 0.6) is 0 Å². The second-order valence-electron chi connectivity index (χ2n) is 6.02. The Bertz CT molecular complexity index is 968. The van der Waals surface area contributed by atoms with E-state index in [9.17, 15) is 4.79 Å². The minimum Gasteiger partial charge on any atom is -0.347 e. The first-order valence-electron chi connectivity index (χ1n) is 8.45. The number of benzene rings is 2. The Morgan fingerprint density at radius 1 is 0.750 bits per heavy atom. The number of aromatic nitrogens is 2. The number of hydrogen-bond donors (Lipinski definition) is 0. The van der Waals surface area contributed by atoms with Crippen LogP contribution in [0.25, 0.3) is 21.8 Å². The van der Waals surface area contributed by atoms with Crippen LogP contribution in [0.3, 0.4) is 0 Å². The molecule has 0 aliphatic carbocycles. The largest absolute Gasteiger partial charge is 0.347 e. The zero-order valence-corrected chi connectivity index (χ0v) is 14.0. The lowest BCUT2D eigenvalue weighted by Gasteiger charge is -1.98. The molecule has 0 aliphatic heterocycles. The number of fused-ring (bicyclic) bond motifs is 2. The number of ketones is 1. The summed E-state index contributed by atoms with van der Waals surface area (Å²) < 4.78 is 4.28. The number of para-hydroxylation sites is 2. The van der Waals surface area contributed by atoms with Crippen LogP contribution in [0.15, 0.2) is 60.9 Å². The summed E-state index contributed by atoms with van der Waals surface area (Å²) in [4.78, 5) is 13.3. The molecule has 0 spiro atoms. The molecule has 120 valence electrons. The molecule has 0 bridgehead atoms.